The van der Waals surface area contributed by atoms with Crippen LogP contribution in [0.2, 0.25) is 10.0 Å². The van der Waals surface area contributed by atoms with E-state index in [1.165, 1.54) is 10.4 Å². The summed E-state index contributed by atoms with van der Waals surface area (Å²) in [5, 5.41) is 8.44. The van der Waals surface area contributed by atoms with Crippen LogP contribution in [0.5, 0.6) is 0 Å². The smallest absolute Gasteiger partial charge is 0.256 e. The fraction of sp³-hybridized carbons (Fsp3) is 0.353. The number of fused-ring (bicyclic) bond motifs is 3. The van der Waals surface area contributed by atoms with Crippen molar-refractivity contribution in [2.24, 2.45) is 0 Å². The van der Waals surface area contributed by atoms with E-state index in [1.54, 1.807) is 23.5 Å². The van der Waals surface area contributed by atoms with Crippen LogP contribution in [0.1, 0.15) is 39.5 Å². The van der Waals surface area contributed by atoms with E-state index in [0.717, 1.165) is 42.2 Å². The number of carbonyl (C=O) groups is 1. The Morgan fingerprint density at radius 2 is 2.12 bits per heavy atom. The van der Waals surface area contributed by atoms with Gasteiger partial charge in [0, 0.05) is 18.0 Å². The van der Waals surface area contributed by atoms with Crippen molar-refractivity contribution in [2.45, 2.75) is 26.1 Å². The first kappa shape index (κ1) is 16.2. The van der Waals surface area contributed by atoms with Crippen molar-refractivity contribution in [1.82, 2.24) is 10.2 Å². The quantitative estimate of drug-likeness (QED) is 0.815. The Balaban J connectivity index is 1.67. The molecule has 4 rings (SSSR count). The summed E-state index contributed by atoms with van der Waals surface area (Å²) in [7, 11) is 0. The topological polar surface area (TPSA) is 44.4 Å². The van der Waals surface area contributed by atoms with Crippen LogP contribution >= 0.6 is 34.5 Å². The van der Waals surface area contributed by atoms with Crippen LogP contribution in [-0.2, 0) is 13.0 Å². The largest absolute Gasteiger partial charge is 0.353 e. The number of likely N-dealkylation sites (N-methyl/N-ethyl adjacent to an activating group) is 1. The summed E-state index contributed by atoms with van der Waals surface area (Å²) in [5.41, 5.74) is 2.92. The number of benzene rings is 1. The van der Waals surface area contributed by atoms with Crippen LogP contribution in [0.3, 0.4) is 0 Å². The maximum Gasteiger partial charge on any atom is 0.256 e. The average Bonchev–Trinajstić information content (AvgIpc) is 2.95. The molecule has 3 heterocycles. The molecular weight excluding hydrogens is 365 g/mol. The molecule has 2 N–H and O–H groups in total. The molecule has 126 valence electrons. The predicted molar refractivity (Wildman–Crippen MR) is 99.3 cm³/mol. The molecule has 24 heavy (non-hydrogen) atoms. The van der Waals surface area contributed by atoms with Gasteiger partial charge in [0.1, 0.15) is 11.2 Å². The summed E-state index contributed by atoms with van der Waals surface area (Å²) >= 11 is 13.8. The molecule has 0 radical (unpaired) electrons. The molecule has 0 aliphatic carbocycles. The maximum atomic E-state index is 12.7. The number of nitrogens with one attached hydrogen (secondary N) is 2. The lowest BCUT2D eigenvalue weighted by molar-refractivity contribution is 0.0934. The third-order valence-electron chi connectivity index (χ3n) is 4.64. The lowest BCUT2D eigenvalue weighted by Gasteiger charge is -2.28. The molecular formula is C17H17Cl2N3OS. The van der Waals surface area contributed by atoms with Gasteiger partial charge in [0.2, 0.25) is 0 Å². The lowest BCUT2D eigenvalue weighted by Crippen LogP contribution is -2.38. The summed E-state index contributed by atoms with van der Waals surface area (Å²) in [6.45, 7) is 5.14. The van der Waals surface area contributed by atoms with Gasteiger partial charge in [-0.2, -0.15) is 0 Å². The predicted octanol–water partition coefficient (Wildman–Crippen LogP) is 4.29. The number of carbonyl (C=O) groups excluding carboxylic acids is 1. The first-order valence-electron chi connectivity index (χ1n) is 7.96. The minimum absolute atomic E-state index is 0.0118. The van der Waals surface area contributed by atoms with Gasteiger partial charge in [-0.3, -0.25) is 9.69 Å². The SMILES string of the molecule is CCN1CCc2c(sc3c2C(=O)N[C@@H](c2ccc(Cl)c(Cl)c2)N3)C1. The molecule has 1 atom stereocenters. The number of anilines is 1. The Bertz CT molecular complexity index is 820. The molecule has 0 spiro atoms. The third kappa shape index (κ3) is 2.69. The number of rotatable bonds is 2. The Morgan fingerprint density at radius 3 is 2.88 bits per heavy atom. The number of thiophene rings is 1. The molecule has 0 bridgehead atoms. The second kappa shape index (κ2) is 6.23. The van der Waals surface area contributed by atoms with Crippen LogP contribution in [-0.4, -0.2) is 23.9 Å². The lowest BCUT2D eigenvalue weighted by atomic mass is 10.0. The van der Waals surface area contributed by atoms with Gasteiger partial charge in [-0.25, -0.2) is 0 Å². The van der Waals surface area contributed by atoms with Crippen LogP contribution < -0.4 is 10.6 Å². The van der Waals surface area contributed by atoms with E-state index in [1.807, 2.05) is 6.07 Å². The summed E-state index contributed by atoms with van der Waals surface area (Å²) < 4.78 is 0. The van der Waals surface area contributed by atoms with Crippen LogP contribution in [0, 0.1) is 0 Å². The number of hydrogen-bond donors (Lipinski definition) is 2. The van der Waals surface area contributed by atoms with Gasteiger partial charge < -0.3 is 10.6 Å². The second-order valence-electron chi connectivity index (χ2n) is 6.05. The van der Waals surface area contributed by atoms with Gasteiger partial charge >= 0.3 is 0 Å². The van der Waals surface area contributed by atoms with Crippen molar-refractivity contribution in [2.75, 3.05) is 18.4 Å². The molecule has 1 amide bonds. The fourth-order valence-electron chi connectivity index (χ4n) is 3.30. The highest BCUT2D eigenvalue weighted by Gasteiger charge is 2.33. The maximum absolute atomic E-state index is 12.7. The Labute approximate surface area is 154 Å². The van der Waals surface area contributed by atoms with Crippen molar-refractivity contribution < 1.29 is 4.79 Å². The van der Waals surface area contributed by atoms with Gasteiger partial charge in [0.05, 0.1) is 15.6 Å². The molecule has 0 saturated heterocycles. The Morgan fingerprint density at radius 1 is 1.29 bits per heavy atom. The van der Waals surface area contributed by atoms with E-state index in [-0.39, 0.29) is 12.1 Å². The average molecular weight is 382 g/mol. The number of nitrogens with zero attached hydrogens (tertiary/aromatic N) is 1. The van der Waals surface area contributed by atoms with Crippen LogP contribution in [0.25, 0.3) is 0 Å². The standard InChI is InChI=1S/C17H17Cl2N3OS/c1-2-22-6-5-10-13(8-22)24-17-14(10)16(23)20-15(21-17)9-3-4-11(18)12(19)7-9/h3-4,7,15,21H,2,5-6,8H2,1H3,(H,20,23)/t15-/m1/s1. The van der Waals surface area contributed by atoms with Crippen LogP contribution in [0.15, 0.2) is 18.2 Å². The van der Waals surface area contributed by atoms with E-state index in [0.29, 0.717) is 10.0 Å². The van der Waals surface area contributed by atoms with Crippen molar-refractivity contribution in [3.63, 3.8) is 0 Å². The van der Waals surface area contributed by atoms with Crippen molar-refractivity contribution in [3.8, 4) is 0 Å². The summed E-state index contributed by atoms with van der Waals surface area (Å²) in [5.74, 6) is -0.0118. The fourth-order valence-corrected chi connectivity index (χ4v) is 4.92. The molecule has 0 fully saturated rings. The zero-order valence-corrected chi connectivity index (χ0v) is 15.5. The number of hydrogen-bond acceptors (Lipinski definition) is 4. The first-order valence-corrected chi connectivity index (χ1v) is 9.53. The van der Waals surface area contributed by atoms with E-state index in [4.69, 9.17) is 23.2 Å². The normalized spacial score (nSPS) is 20.1. The molecule has 2 aromatic rings. The molecule has 1 aromatic heterocycles. The number of halogens is 2. The second-order valence-corrected chi connectivity index (χ2v) is 7.97. The van der Waals surface area contributed by atoms with Crippen molar-refractivity contribution >= 4 is 45.4 Å². The Kier molecular flexibility index (Phi) is 4.21. The zero-order chi connectivity index (χ0) is 16.8. The zero-order valence-electron chi connectivity index (χ0n) is 13.2. The monoisotopic (exact) mass is 381 g/mol. The molecule has 4 nitrogen and oxygen atoms in total. The minimum atomic E-state index is -0.290. The molecule has 7 heteroatoms. The Hall–Kier alpha value is -1.27. The van der Waals surface area contributed by atoms with E-state index in [9.17, 15) is 4.79 Å². The summed E-state index contributed by atoms with van der Waals surface area (Å²) in [4.78, 5) is 16.4. The molecule has 2 aliphatic rings. The third-order valence-corrected chi connectivity index (χ3v) is 6.53. The van der Waals surface area contributed by atoms with Crippen molar-refractivity contribution in [3.05, 3.63) is 49.8 Å². The molecule has 0 unspecified atom stereocenters. The summed E-state index contributed by atoms with van der Waals surface area (Å²) in [6, 6.07) is 5.42. The molecule has 2 aliphatic heterocycles. The van der Waals surface area contributed by atoms with Crippen LogP contribution in [0.4, 0.5) is 5.00 Å². The highest BCUT2D eigenvalue weighted by molar-refractivity contribution is 7.16. The summed E-state index contributed by atoms with van der Waals surface area (Å²) in [6.07, 6.45) is 0.642. The van der Waals surface area contributed by atoms with E-state index >= 15 is 0 Å². The minimum Gasteiger partial charge on any atom is -0.353 e. The number of amides is 1. The molecule has 0 saturated carbocycles. The highest BCUT2D eigenvalue weighted by atomic mass is 35.5. The highest BCUT2D eigenvalue weighted by Crippen LogP contribution is 2.41. The van der Waals surface area contributed by atoms with Gasteiger partial charge in [-0.15, -0.1) is 11.3 Å². The molecule has 1 aromatic carbocycles. The van der Waals surface area contributed by atoms with Gasteiger partial charge in [0.15, 0.2) is 0 Å². The first-order chi connectivity index (χ1) is 11.6. The van der Waals surface area contributed by atoms with Gasteiger partial charge in [-0.1, -0.05) is 36.2 Å². The van der Waals surface area contributed by atoms with Gasteiger partial charge in [0.25, 0.3) is 5.91 Å². The van der Waals surface area contributed by atoms with Gasteiger partial charge in [-0.05, 0) is 36.2 Å². The van der Waals surface area contributed by atoms with E-state index < -0.39 is 0 Å². The van der Waals surface area contributed by atoms with E-state index in [2.05, 4.69) is 22.5 Å². The van der Waals surface area contributed by atoms with Crippen molar-refractivity contribution in [1.29, 1.82) is 0 Å².